The Balaban J connectivity index is 1.28. The molecule has 1 aromatic carbocycles. The van der Waals surface area contributed by atoms with Crippen LogP contribution in [0.25, 0.3) is 10.6 Å². The third kappa shape index (κ3) is 4.42. The first kappa shape index (κ1) is 19.1. The van der Waals surface area contributed by atoms with Crippen molar-refractivity contribution in [1.82, 2.24) is 14.8 Å². The van der Waals surface area contributed by atoms with Crippen molar-refractivity contribution in [3.63, 3.8) is 0 Å². The number of ether oxygens (including phenoxy) is 1. The summed E-state index contributed by atoms with van der Waals surface area (Å²) < 4.78 is 5.32. The standard InChI is InChI=1S/C21H25N3O3S/c25-19(14-18-15-28-20(22-18)16-4-2-1-3-5-16)23-8-6-17(7-9-23)21(26)24-10-12-27-13-11-24/h1-5,15,17H,6-14H2. The highest BCUT2D eigenvalue weighted by Crippen LogP contribution is 2.25. The monoisotopic (exact) mass is 399 g/mol. The van der Waals surface area contributed by atoms with Crippen LogP contribution in [0, 0.1) is 5.92 Å². The highest BCUT2D eigenvalue weighted by molar-refractivity contribution is 7.13. The number of likely N-dealkylation sites (tertiary alicyclic amines) is 1. The summed E-state index contributed by atoms with van der Waals surface area (Å²) in [5, 5.41) is 2.91. The highest BCUT2D eigenvalue weighted by Gasteiger charge is 2.31. The fourth-order valence-electron chi connectivity index (χ4n) is 3.79. The van der Waals surface area contributed by atoms with Gasteiger partial charge in [-0.1, -0.05) is 30.3 Å². The molecule has 0 bridgehead atoms. The number of amides is 2. The Kier molecular flexibility index (Phi) is 6.02. The van der Waals surface area contributed by atoms with Crippen LogP contribution in [0.1, 0.15) is 18.5 Å². The van der Waals surface area contributed by atoms with E-state index in [1.165, 1.54) is 0 Å². The van der Waals surface area contributed by atoms with E-state index in [1.807, 2.05) is 45.5 Å². The molecule has 2 amide bonds. The third-order valence-corrected chi connectivity index (χ3v) is 6.36. The van der Waals surface area contributed by atoms with Crippen molar-refractivity contribution in [2.24, 2.45) is 5.92 Å². The molecule has 7 heteroatoms. The Morgan fingerprint density at radius 3 is 2.46 bits per heavy atom. The second-order valence-corrected chi connectivity index (χ2v) is 8.14. The minimum absolute atomic E-state index is 0.0334. The number of carbonyl (C=O) groups excluding carboxylic acids is 2. The molecule has 0 spiro atoms. The molecule has 2 aromatic rings. The third-order valence-electron chi connectivity index (χ3n) is 5.42. The summed E-state index contributed by atoms with van der Waals surface area (Å²) in [4.78, 5) is 33.7. The van der Waals surface area contributed by atoms with Crippen LogP contribution in [-0.4, -0.2) is 66.0 Å². The zero-order valence-electron chi connectivity index (χ0n) is 15.9. The molecule has 28 heavy (non-hydrogen) atoms. The van der Waals surface area contributed by atoms with Gasteiger partial charge in [0.1, 0.15) is 5.01 Å². The fourth-order valence-corrected chi connectivity index (χ4v) is 4.61. The first-order valence-electron chi connectivity index (χ1n) is 9.85. The molecule has 0 N–H and O–H groups in total. The number of hydrogen-bond acceptors (Lipinski definition) is 5. The van der Waals surface area contributed by atoms with Gasteiger partial charge >= 0.3 is 0 Å². The van der Waals surface area contributed by atoms with E-state index in [0.29, 0.717) is 45.8 Å². The van der Waals surface area contributed by atoms with E-state index in [-0.39, 0.29) is 17.7 Å². The van der Waals surface area contributed by atoms with E-state index in [1.54, 1.807) is 11.3 Å². The zero-order valence-corrected chi connectivity index (χ0v) is 16.7. The topological polar surface area (TPSA) is 62.7 Å². The Bertz CT molecular complexity index is 809. The second kappa shape index (κ2) is 8.84. The molecule has 2 aliphatic heterocycles. The van der Waals surface area contributed by atoms with Crippen LogP contribution in [0.2, 0.25) is 0 Å². The maximum Gasteiger partial charge on any atom is 0.228 e. The van der Waals surface area contributed by atoms with Gasteiger partial charge in [0.25, 0.3) is 0 Å². The van der Waals surface area contributed by atoms with Gasteiger partial charge in [-0.15, -0.1) is 11.3 Å². The molecular formula is C21H25N3O3S. The van der Waals surface area contributed by atoms with Crippen molar-refractivity contribution in [1.29, 1.82) is 0 Å². The normalized spacial score (nSPS) is 18.3. The SMILES string of the molecule is O=C(Cc1csc(-c2ccccc2)n1)N1CCC(C(=O)N2CCOCC2)CC1. The van der Waals surface area contributed by atoms with Crippen LogP contribution in [-0.2, 0) is 20.7 Å². The summed E-state index contributed by atoms with van der Waals surface area (Å²) in [6.07, 6.45) is 1.81. The van der Waals surface area contributed by atoms with E-state index in [9.17, 15) is 9.59 Å². The first-order chi connectivity index (χ1) is 13.7. The van der Waals surface area contributed by atoms with Crippen molar-refractivity contribution in [2.45, 2.75) is 19.3 Å². The predicted octanol–water partition coefficient (Wildman–Crippen LogP) is 2.45. The molecule has 3 heterocycles. The first-order valence-corrected chi connectivity index (χ1v) is 10.7. The molecule has 0 unspecified atom stereocenters. The quantitative estimate of drug-likeness (QED) is 0.792. The van der Waals surface area contributed by atoms with Crippen LogP contribution in [0.15, 0.2) is 35.7 Å². The van der Waals surface area contributed by atoms with Gasteiger partial charge in [0.05, 0.1) is 25.3 Å². The average Bonchev–Trinajstić information content (AvgIpc) is 3.23. The molecule has 2 fully saturated rings. The van der Waals surface area contributed by atoms with Gasteiger partial charge in [-0.05, 0) is 12.8 Å². The number of thiazole rings is 1. The lowest BCUT2D eigenvalue weighted by atomic mass is 9.95. The summed E-state index contributed by atoms with van der Waals surface area (Å²) in [5.41, 5.74) is 1.90. The lowest BCUT2D eigenvalue weighted by molar-refractivity contribution is -0.143. The molecule has 4 rings (SSSR count). The smallest absolute Gasteiger partial charge is 0.228 e. The molecule has 1 aromatic heterocycles. The minimum atomic E-state index is 0.0334. The van der Waals surface area contributed by atoms with Crippen LogP contribution in [0.3, 0.4) is 0 Å². The zero-order chi connectivity index (χ0) is 19.3. The van der Waals surface area contributed by atoms with Crippen molar-refractivity contribution in [3.05, 3.63) is 41.4 Å². The van der Waals surface area contributed by atoms with Crippen molar-refractivity contribution < 1.29 is 14.3 Å². The number of carbonyl (C=O) groups is 2. The van der Waals surface area contributed by atoms with E-state index in [0.717, 1.165) is 29.1 Å². The summed E-state index contributed by atoms with van der Waals surface area (Å²) in [7, 11) is 0. The Hall–Kier alpha value is -2.25. The molecule has 6 nitrogen and oxygen atoms in total. The maximum absolute atomic E-state index is 12.7. The fraction of sp³-hybridized carbons (Fsp3) is 0.476. The number of aromatic nitrogens is 1. The van der Waals surface area contributed by atoms with Gasteiger partial charge in [0.2, 0.25) is 11.8 Å². The minimum Gasteiger partial charge on any atom is -0.378 e. The van der Waals surface area contributed by atoms with Gasteiger partial charge in [0, 0.05) is 43.0 Å². The number of nitrogens with zero attached hydrogens (tertiary/aromatic N) is 3. The molecule has 0 radical (unpaired) electrons. The Morgan fingerprint density at radius 2 is 1.75 bits per heavy atom. The van der Waals surface area contributed by atoms with Gasteiger partial charge in [-0.2, -0.15) is 0 Å². The molecule has 0 aliphatic carbocycles. The summed E-state index contributed by atoms with van der Waals surface area (Å²) in [6, 6.07) is 10.0. The molecule has 2 aliphatic rings. The number of benzene rings is 1. The number of hydrogen-bond donors (Lipinski definition) is 0. The molecule has 0 saturated carbocycles. The summed E-state index contributed by atoms with van der Waals surface area (Å²) >= 11 is 1.57. The van der Waals surface area contributed by atoms with Crippen molar-refractivity contribution in [2.75, 3.05) is 39.4 Å². The van der Waals surface area contributed by atoms with Crippen LogP contribution >= 0.6 is 11.3 Å². The van der Waals surface area contributed by atoms with Crippen molar-refractivity contribution >= 4 is 23.2 Å². The molecule has 0 atom stereocenters. The number of rotatable bonds is 4. The van der Waals surface area contributed by atoms with E-state index in [4.69, 9.17) is 4.74 Å². The van der Waals surface area contributed by atoms with Crippen LogP contribution < -0.4 is 0 Å². The Labute approximate surface area is 169 Å². The van der Waals surface area contributed by atoms with E-state index in [2.05, 4.69) is 4.98 Å². The number of morpholine rings is 1. The van der Waals surface area contributed by atoms with Crippen molar-refractivity contribution in [3.8, 4) is 10.6 Å². The Morgan fingerprint density at radius 1 is 1.04 bits per heavy atom. The lowest BCUT2D eigenvalue weighted by Gasteiger charge is -2.35. The number of piperidine rings is 1. The average molecular weight is 400 g/mol. The lowest BCUT2D eigenvalue weighted by Crippen LogP contribution is -2.47. The summed E-state index contributed by atoms with van der Waals surface area (Å²) in [6.45, 7) is 3.92. The molecular weight excluding hydrogens is 374 g/mol. The van der Waals surface area contributed by atoms with Gasteiger partial charge < -0.3 is 14.5 Å². The molecule has 2 saturated heterocycles. The van der Waals surface area contributed by atoms with Crippen LogP contribution in [0.5, 0.6) is 0 Å². The van der Waals surface area contributed by atoms with Gasteiger partial charge in [-0.25, -0.2) is 4.98 Å². The summed E-state index contributed by atoms with van der Waals surface area (Å²) in [5.74, 6) is 0.357. The second-order valence-electron chi connectivity index (χ2n) is 7.28. The van der Waals surface area contributed by atoms with E-state index >= 15 is 0 Å². The molecule has 148 valence electrons. The van der Waals surface area contributed by atoms with Crippen LogP contribution in [0.4, 0.5) is 0 Å². The largest absolute Gasteiger partial charge is 0.378 e. The highest BCUT2D eigenvalue weighted by atomic mass is 32.1. The van der Waals surface area contributed by atoms with E-state index < -0.39 is 0 Å². The maximum atomic E-state index is 12.7. The van der Waals surface area contributed by atoms with Gasteiger partial charge in [0.15, 0.2) is 0 Å². The van der Waals surface area contributed by atoms with Gasteiger partial charge in [-0.3, -0.25) is 9.59 Å². The predicted molar refractivity (Wildman–Crippen MR) is 108 cm³/mol.